The summed E-state index contributed by atoms with van der Waals surface area (Å²) in [6.07, 6.45) is 0. The Kier molecular flexibility index (Phi) is 5.64. The minimum atomic E-state index is -1.47. The largest absolute Gasteiger partial charge is 0.376 e. The maximum Gasteiger partial charge on any atom is 0.141 e. The van der Waals surface area contributed by atoms with Crippen molar-refractivity contribution in [3.05, 3.63) is 202 Å². The molecule has 1 nitrogen and oxygen atoms in total. The fourth-order valence-electron chi connectivity index (χ4n) is 8.61. The fraction of sp³-hybridized carbons (Fsp3) is 0.0455. The number of benzene rings is 7. The van der Waals surface area contributed by atoms with Gasteiger partial charge in [-0.15, -0.1) is 11.3 Å². The summed E-state index contributed by atoms with van der Waals surface area (Å²) in [4.78, 5) is 0. The summed E-state index contributed by atoms with van der Waals surface area (Å²) in [5, 5.41) is 16.7. The minimum Gasteiger partial charge on any atom is -0.376 e. The topological polar surface area (TPSA) is 20.2 Å². The van der Waals surface area contributed by atoms with Crippen molar-refractivity contribution >= 4 is 43.1 Å². The summed E-state index contributed by atoms with van der Waals surface area (Å²) in [5.74, 6) is 0. The van der Waals surface area contributed by atoms with Crippen molar-refractivity contribution in [3.8, 4) is 22.3 Å². The molecule has 2 aliphatic rings. The van der Waals surface area contributed by atoms with Gasteiger partial charge in [-0.3, -0.25) is 0 Å². The Morgan fingerprint density at radius 3 is 1.62 bits per heavy atom. The summed E-state index contributed by atoms with van der Waals surface area (Å²) >= 11 is 8.64. The van der Waals surface area contributed by atoms with Gasteiger partial charge in [-0.1, -0.05) is 145 Å². The first-order valence-corrected chi connectivity index (χ1v) is 17.1. The van der Waals surface area contributed by atoms with Crippen LogP contribution in [0.15, 0.2) is 158 Å². The van der Waals surface area contributed by atoms with Crippen LogP contribution in [0.1, 0.15) is 38.9 Å². The lowest BCUT2D eigenvalue weighted by Gasteiger charge is -2.47. The molecular weight excluding hydrogens is 612 g/mol. The van der Waals surface area contributed by atoms with Crippen molar-refractivity contribution in [1.82, 2.24) is 0 Å². The molecule has 47 heavy (non-hydrogen) atoms. The number of halogens is 1. The van der Waals surface area contributed by atoms with Crippen LogP contribution >= 0.6 is 22.9 Å². The molecule has 0 amide bonds. The molecule has 1 spiro atoms. The van der Waals surface area contributed by atoms with E-state index in [-0.39, 0.29) is 0 Å². The average molecular weight is 639 g/mol. The molecule has 7 aromatic carbocycles. The van der Waals surface area contributed by atoms with E-state index >= 15 is 0 Å². The van der Waals surface area contributed by atoms with Crippen LogP contribution < -0.4 is 0 Å². The maximum atomic E-state index is 13.6. The number of thiophene rings is 1. The lowest BCUT2D eigenvalue weighted by Crippen LogP contribution is -2.44. The molecule has 1 aromatic heterocycles. The van der Waals surface area contributed by atoms with Gasteiger partial charge in [-0.05, 0) is 79.9 Å². The van der Waals surface area contributed by atoms with Crippen LogP contribution in [0.4, 0.5) is 0 Å². The Morgan fingerprint density at radius 1 is 0.426 bits per heavy atom. The van der Waals surface area contributed by atoms with E-state index in [1.165, 1.54) is 42.4 Å². The summed E-state index contributed by atoms with van der Waals surface area (Å²) in [6.45, 7) is 0. The van der Waals surface area contributed by atoms with Gasteiger partial charge in [0.2, 0.25) is 0 Å². The van der Waals surface area contributed by atoms with Crippen LogP contribution in [-0.2, 0) is 11.0 Å². The van der Waals surface area contributed by atoms with Crippen LogP contribution in [0, 0.1) is 0 Å². The number of rotatable bonds is 2. The average Bonchev–Trinajstić information content (AvgIpc) is 3.64. The molecule has 1 heterocycles. The van der Waals surface area contributed by atoms with E-state index in [9.17, 15) is 5.11 Å². The zero-order valence-electron chi connectivity index (χ0n) is 25.2. The highest BCUT2D eigenvalue weighted by molar-refractivity contribution is 7.25. The molecule has 0 saturated heterocycles. The molecule has 10 rings (SSSR count). The molecule has 3 heteroatoms. The summed E-state index contributed by atoms with van der Waals surface area (Å²) in [5.41, 5.74) is 9.61. The highest BCUT2D eigenvalue weighted by Crippen LogP contribution is 2.63. The molecule has 2 aliphatic carbocycles. The quantitative estimate of drug-likeness (QED) is 0.200. The second-order valence-electron chi connectivity index (χ2n) is 12.6. The van der Waals surface area contributed by atoms with Crippen LogP contribution in [0.25, 0.3) is 42.4 Å². The molecule has 0 radical (unpaired) electrons. The first-order chi connectivity index (χ1) is 23.1. The first kappa shape index (κ1) is 27.2. The van der Waals surface area contributed by atoms with Gasteiger partial charge in [0, 0.05) is 30.8 Å². The molecular formula is C44H27ClOS. The van der Waals surface area contributed by atoms with Crippen molar-refractivity contribution in [3.63, 3.8) is 0 Å². The van der Waals surface area contributed by atoms with Gasteiger partial charge in [0.25, 0.3) is 0 Å². The van der Waals surface area contributed by atoms with Crippen molar-refractivity contribution in [2.75, 3.05) is 0 Å². The van der Waals surface area contributed by atoms with E-state index in [4.69, 9.17) is 11.6 Å². The summed E-state index contributed by atoms with van der Waals surface area (Å²) in [7, 11) is 0. The highest BCUT2D eigenvalue weighted by Gasteiger charge is 2.56. The zero-order valence-corrected chi connectivity index (χ0v) is 26.8. The monoisotopic (exact) mass is 638 g/mol. The van der Waals surface area contributed by atoms with Crippen LogP contribution in [0.5, 0.6) is 0 Å². The molecule has 8 aromatic rings. The third kappa shape index (κ3) is 3.48. The third-order valence-corrected chi connectivity index (χ3v) is 11.8. The van der Waals surface area contributed by atoms with E-state index in [2.05, 4.69) is 133 Å². The Labute approximate surface area is 282 Å². The number of fused-ring (bicyclic) bond motifs is 12. The van der Waals surface area contributed by atoms with Crippen molar-refractivity contribution in [2.24, 2.45) is 0 Å². The molecule has 0 fully saturated rings. The van der Waals surface area contributed by atoms with Gasteiger partial charge in [0.1, 0.15) is 5.60 Å². The number of hydrogen-bond acceptors (Lipinski definition) is 2. The standard InChI is InChI=1S/C44H27ClOS/c45-28-22-24-29(27-21-23-33-32-13-3-10-20-41(32)47-42(33)25-27)40(26-28)44(46)38-18-8-6-16-36(38)43(37-17-7-9-19-39(37)44)34-14-4-1-11-30(34)31-12-2-5-15-35(31)43/h1-26,46H. The van der Waals surface area contributed by atoms with E-state index in [1.807, 2.05) is 24.3 Å². The highest BCUT2D eigenvalue weighted by atomic mass is 35.5. The van der Waals surface area contributed by atoms with Gasteiger partial charge >= 0.3 is 0 Å². The van der Waals surface area contributed by atoms with Crippen molar-refractivity contribution in [1.29, 1.82) is 0 Å². The van der Waals surface area contributed by atoms with E-state index in [0.717, 1.165) is 38.9 Å². The summed E-state index contributed by atoms with van der Waals surface area (Å²) in [6, 6.07) is 55.6. The van der Waals surface area contributed by atoms with Gasteiger partial charge < -0.3 is 5.11 Å². The molecule has 0 aliphatic heterocycles. The van der Waals surface area contributed by atoms with Gasteiger partial charge in [-0.2, -0.15) is 0 Å². The van der Waals surface area contributed by atoms with Gasteiger partial charge in [0.15, 0.2) is 0 Å². The van der Waals surface area contributed by atoms with Crippen LogP contribution in [0.2, 0.25) is 5.02 Å². The van der Waals surface area contributed by atoms with Gasteiger partial charge in [-0.25, -0.2) is 0 Å². The van der Waals surface area contributed by atoms with E-state index in [0.29, 0.717) is 5.02 Å². The lowest BCUT2D eigenvalue weighted by atomic mass is 9.56. The molecule has 0 saturated carbocycles. The first-order valence-electron chi connectivity index (χ1n) is 15.9. The van der Waals surface area contributed by atoms with Crippen LogP contribution in [-0.4, -0.2) is 5.11 Å². The Hall–Kier alpha value is -4.99. The predicted molar refractivity (Wildman–Crippen MR) is 196 cm³/mol. The Morgan fingerprint density at radius 2 is 0.957 bits per heavy atom. The molecule has 0 bridgehead atoms. The predicted octanol–water partition coefficient (Wildman–Crippen LogP) is 11.3. The maximum absolute atomic E-state index is 13.6. The van der Waals surface area contributed by atoms with E-state index in [1.54, 1.807) is 11.3 Å². The normalized spacial score (nSPS) is 14.9. The Balaban J connectivity index is 1.29. The smallest absolute Gasteiger partial charge is 0.141 e. The van der Waals surface area contributed by atoms with Crippen molar-refractivity contribution < 1.29 is 5.11 Å². The molecule has 0 atom stereocenters. The van der Waals surface area contributed by atoms with E-state index < -0.39 is 11.0 Å². The number of hydrogen-bond donors (Lipinski definition) is 1. The number of aliphatic hydroxyl groups is 1. The Bertz CT molecular complexity index is 2480. The third-order valence-electron chi connectivity index (χ3n) is 10.5. The molecule has 222 valence electrons. The second-order valence-corrected chi connectivity index (χ2v) is 14.2. The molecule has 1 N–H and O–H groups in total. The minimum absolute atomic E-state index is 0.582. The van der Waals surface area contributed by atoms with Crippen molar-refractivity contribution in [2.45, 2.75) is 11.0 Å². The fourth-order valence-corrected chi connectivity index (χ4v) is 9.93. The summed E-state index contributed by atoms with van der Waals surface area (Å²) < 4.78 is 2.49. The lowest BCUT2D eigenvalue weighted by molar-refractivity contribution is 0.119. The van der Waals surface area contributed by atoms with Gasteiger partial charge in [0.05, 0.1) is 5.41 Å². The second kappa shape index (κ2) is 9.76. The molecule has 0 unspecified atom stereocenters. The van der Waals surface area contributed by atoms with Crippen LogP contribution in [0.3, 0.4) is 0 Å². The SMILES string of the molecule is OC1(c2cc(Cl)ccc2-c2ccc3c(c2)sc2ccccc23)c2ccccc2C2(c3ccccc3-c3ccccc32)c2ccccc21. The zero-order chi connectivity index (χ0) is 31.3.